The van der Waals surface area contributed by atoms with Crippen LogP contribution in [0.1, 0.15) is 36.5 Å². The molecule has 1 aliphatic rings. The van der Waals surface area contributed by atoms with Crippen molar-refractivity contribution in [3.05, 3.63) is 63.1 Å². The molecule has 1 fully saturated rings. The third-order valence-corrected chi connectivity index (χ3v) is 7.34. The Hall–Kier alpha value is -1.09. The van der Waals surface area contributed by atoms with Gasteiger partial charge < -0.3 is 15.3 Å². The molecule has 0 aliphatic carbocycles. The fourth-order valence-electron chi connectivity index (χ4n) is 4.12. The second-order valence-electron chi connectivity index (χ2n) is 7.91. The van der Waals surface area contributed by atoms with Crippen LogP contribution in [0.25, 0.3) is 0 Å². The molecule has 12 heteroatoms. The summed E-state index contributed by atoms with van der Waals surface area (Å²) in [6, 6.07) is 8.07. The highest BCUT2D eigenvalue weighted by atomic mass is 35.6. The lowest BCUT2D eigenvalue weighted by Gasteiger charge is -2.41. The zero-order valence-corrected chi connectivity index (χ0v) is 21.5. The molecule has 0 aromatic heterocycles. The first-order valence-corrected chi connectivity index (χ1v) is 12.0. The lowest BCUT2D eigenvalue weighted by atomic mass is 9.79. The number of amides is 1. The van der Waals surface area contributed by atoms with Gasteiger partial charge in [0.1, 0.15) is 6.23 Å². The maximum atomic E-state index is 13.8. The number of carbonyl (C=O) groups is 1. The number of nitrogens with zero attached hydrogens (tertiary/aromatic N) is 1. The number of anilines is 1. The largest absolute Gasteiger partial charge is 0.416 e. The molecular weight excluding hydrogens is 559 g/mol. The van der Waals surface area contributed by atoms with Crippen LogP contribution < -0.4 is 10.2 Å². The van der Waals surface area contributed by atoms with Crippen molar-refractivity contribution in [3.63, 3.8) is 0 Å². The predicted octanol–water partition coefficient (Wildman–Crippen LogP) is 6.88. The van der Waals surface area contributed by atoms with E-state index in [1.54, 1.807) is 6.92 Å². The number of benzene rings is 2. The van der Waals surface area contributed by atoms with Crippen molar-refractivity contribution in [2.75, 3.05) is 11.4 Å². The lowest BCUT2D eigenvalue weighted by Crippen LogP contribution is -2.51. The monoisotopic (exact) mass is 576 g/mol. The maximum Gasteiger partial charge on any atom is 0.416 e. The summed E-state index contributed by atoms with van der Waals surface area (Å²) in [4.78, 5) is 12.9. The number of carbonyl (C=O) groups excluding carboxylic acids is 1. The molecule has 0 bridgehead atoms. The summed E-state index contributed by atoms with van der Waals surface area (Å²) < 4.78 is 39.4. The molecule has 1 aliphatic heterocycles. The Balaban J connectivity index is 2.05. The normalized spacial score (nSPS) is 21.1. The lowest BCUT2D eigenvalue weighted by molar-refractivity contribution is -0.138. The molecule has 186 valence electrons. The summed E-state index contributed by atoms with van der Waals surface area (Å²) in [5.41, 5.74) is -2.16. The summed E-state index contributed by atoms with van der Waals surface area (Å²) in [5.74, 6) is -0.375. The van der Waals surface area contributed by atoms with Gasteiger partial charge in [-0.25, -0.2) is 0 Å². The standard InChI is InChI=1S/C22H20Cl5F3N2O2/c1-2-18(33)31-11-12-3-4-16(10-17(12)21(28,29)30)32-6-5-20(19(32)34,22(25,26)27)13-7-14(23)9-15(24)8-13/h3-4,7-10,19,34H,2,5-6,11H2,1H3,(H,31,33). The first kappa shape index (κ1) is 27.5. The van der Waals surface area contributed by atoms with E-state index < -0.39 is 27.2 Å². The smallest absolute Gasteiger partial charge is 0.372 e. The van der Waals surface area contributed by atoms with Crippen molar-refractivity contribution in [1.29, 1.82) is 0 Å². The Morgan fingerprint density at radius 3 is 2.29 bits per heavy atom. The molecule has 2 aromatic carbocycles. The van der Waals surface area contributed by atoms with Crippen molar-refractivity contribution in [2.45, 2.75) is 47.9 Å². The third kappa shape index (κ3) is 5.35. The van der Waals surface area contributed by atoms with Crippen molar-refractivity contribution < 1.29 is 23.1 Å². The average Bonchev–Trinajstić information content (AvgIpc) is 3.08. The Morgan fingerprint density at radius 2 is 1.76 bits per heavy atom. The molecule has 3 rings (SSSR count). The number of hydrogen-bond acceptors (Lipinski definition) is 3. The second kappa shape index (κ2) is 10.1. The fraction of sp³-hybridized carbons (Fsp3) is 0.409. The van der Waals surface area contributed by atoms with Crippen LogP contribution >= 0.6 is 58.0 Å². The second-order valence-corrected chi connectivity index (χ2v) is 11.1. The fourth-order valence-corrected chi connectivity index (χ4v) is 5.55. The Kier molecular flexibility index (Phi) is 8.18. The number of alkyl halides is 6. The minimum atomic E-state index is -4.69. The van der Waals surface area contributed by atoms with Gasteiger partial charge >= 0.3 is 6.18 Å². The summed E-state index contributed by atoms with van der Waals surface area (Å²) in [6.45, 7) is 1.40. The SMILES string of the molecule is CCC(=O)NCc1ccc(N2CCC(c3cc(Cl)cc(Cl)c3)(C(Cl)(Cl)Cl)C2O)cc1C(F)(F)F. The number of rotatable bonds is 5. The summed E-state index contributed by atoms with van der Waals surface area (Å²) in [6.07, 6.45) is -5.97. The molecule has 4 nitrogen and oxygen atoms in total. The van der Waals surface area contributed by atoms with Gasteiger partial charge in [0.05, 0.1) is 11.0 Å². The maximum absolute atomic E-state index is 13.8. The molecule has 34 heavy (non-hydrogen) atoms. The molecule has 1 amide bonds. The van der Waals surface area contributed by atoms with Crippen LogP contribution in [0.4, 0.5) is 18.9 Å². The first-order chi connectivity index (χ1) is 15.7. The molecule has 0 spiro atoms. The van der Waals surface area contributed by atoms with E-state index in [9.17, 15) is 23.1 Å². The molecular formula is C22H20Cl5F3N2O2. The molecule has 0 radical (unpaired) electrons. The molecule has 2 aromatic rings. The van der Waals surface area contributed by atoms with Crippen LogP contribution in [0.3, 0.4) is 0 Å². The van der Waals surface area contributed by atoms with Crippen LogP contribution in [0.2, 0.25) is 10.0 Å². The number of halogens is 8. The molecule has 0 saturated carbocycles. The van der Waals surface area contributed by atoms with Crippen molar-refractivity contribution in [3.8, 4) is 0 Å². The van der Waals surface area contributed by atoms with E-state index in [-0.39, 0.29) is 53.1 Å². The van der Waals surface area contributed by atoms with Gasteiger partial charge in [-0.05, 0) is 47.9 Å². The summed E-state index contributed by atoms with van der Waals surface area (Å²) in [7, 11) is 0. The van der Waals surface area contributed by atoms with Crippen LogP contribution in [0.5, 0.6) is 0 Å². The van der Waals surface area contributed by atoms with Crippen molar-refractivity contribution in [1.82, 2.24) is 5.32 Å². The molecule has 2 unspecified atom stereocenters. The quantitative estimate of drug-likeness (QED) is 0.381. The topological polar surface area (TPSA) is 52.6 Å². The zero-order valence-electron chi connectivity index (χ0n) is 17.7. The summed E-state index contributed by atoms with van der Waals surface area (Å²) >= 11 is 31.3. The highest BCUT2D eigenvalue weighted by Crippen LogP contribution is 2.56. The van der Waals surface area contributed by atoms with Crippen LogP contribution in [-0.4, -0.2) is 27.6 Å². The van der Waals surface area contributed by atoms with Crippen LogP contribution in [0.15, 0.2) is 36.4 Å². The average molecular weight is 579 g/mol. The number of aliphatic hydroxyl groups is 1. The van der Waals surface area contributed by atoms with Gasteiger partial charge in [0, 0.05) is 35.2 Å². The molecule has 2 atom stereocenters. The van der Waals surface area contributed by atoms with E-state index in [1.807, 2.05) is 0 Å². The Morgan fingerprint density at radius 1 is 1.15 bits per heavy atom. The van der Waals surface area contributed by atoms with E-state index >= 15 is 0 Å². The van der Waals surface area contributed by atoms with Crippen molar-refractivity contribution >= 4 is 69.6 Å². The van der Waals surface area contributed by atoms with E-state index in [0.29, 0.717) is 5.56 Å². The number of aliphatic hydroxyl groups excluding tert-OH is 1. The molecule has 2 N–H and O–H groups in total. The number of nitrogens with one attached hydrogen (secondary N) is 1. The Bertz CT molecular complexity index is 1060. The molecule has 1 heterocycles. The van der Waals surface area contributed by atoms with Gasteiger partial charge in [-0.2, -0.15) is 13.2 Å². The number of hydrogen-bond donors (Lipinski definition) is 2. The Labute approximate surface area is 219 Å². The van der Waals surface area contributed by atoms with Gasteiger partial charge in [0.25, 0.3) is 0 Å². The zero-order chi connectivity index (χ0) is 25.5. The van der Waals surface area contributed by atoms with Gasteiger partial charge in [0.15, 0.2) is 0 Å². The van der Waals surface area contributed by atoms with Crippen LogP contribution in [-0.2, 0) is 22.9 Å². The minimum absolute atomic E-state index is 0.0784. The third-order valence-electron chi connectivity index (χ3n) is 5.89. The van der Waals surface area contributed by atoms with Gasteiger partial charge in [-0.1, -0.05) is 71.0 Å². The van der Waals surface area contributed by atoms with Gasteiger partial charge in [-0.3, -0.25) is 4.79 Å². The highest BCUT2D eigenvalue weighted by Gasteiger charge is 2.60. The van der Waals surface area contributed by atoms with E-state index in [2.05, 4.69) is 5.32 Å². The van der Waals surface area contributed by atoms with Gasteiger partial charge in [0.2, 0.25) is 9.70 Å². The predicted molar refractivity (Wildman–Crippen MR) is 130 cm³/mol. The van der Waals surface area contributed by atoms with E-state index in [4.69, 9.17) is 58.0 Å². The van der Waals surface area contributed by atoms with Crippen molar-refractivity contribution in [2.24, 2.45) is 0 Å². The van der Waals surface area contributed by atoms with E-state index in [1.165, 1.54) is 35.2 Å². The molecule has 1 saturated heterocycles. The van der Waals surface area contributed by atoms with E-state index in [0.717, 1.165) is 6.07 Å². The summed E-state index contributed by atoms with van der Waals surface area (Å²) in [5, 5.41) is 14.3. The van der Waals surface area contributed by atoms with Gasteiger partial charge in [-0.15, -0.1) is 0 Å². The first-order valence-electron chi connectivity index (χ1n) is 10.2. The minimum Gasteiger partial charge on any atom is -0.372 e. The van der Waals surface area contributed by atoms with Crippen LogP contribution in [0, 0.1) is 0 Å². The highest BCUT2D eigenvalue weighted by molar-refractivity contribution is 6.68.